The molecule has 1 fully saturated rings. The number of hydrogen-bond acceptors (Lipinski definition) is 3. The Kier molecular flexibility index (Phi) is 7.21. The molecule has 100 valence electrons. The van der Waals surface area contributed by atoms with Crippen molar-refractivity contribution in [2.75, 3.05) is 26.2 Å². The van der Waals surface area contributed by atoms with Gasteiger partial charge in [-0.05, 0) is 13.0 Å². The molecular formula is C13H27N3O. The molecule has 0 aliphatic carbocycles. The largest absolute Gasteiger partial charge is 0.368 e. The van der Waals surface area contributed by atoms with Gasteiger partial charge in [0.15, 0.2) is 0 Å². The number of nitrogens with zero attached hydrogens (tertiary/aromatic N) is 1. The van der Waals surface area contributed by atoms with Crippen LogP contribution in [0.1, 0.15) is 45.4 Å². The molecule has 0 aromatic rings. The highest BCUT2D eigenvalue weighted by Gasteiger charge is 2.25. The third kappa shape index (κ3) is 5.50. The molecule has 0 radical (unpaired) electrons. The van der Waals surface area contributed by atoms with E-state index in [-0.39, 0.29) is 11.9 Å². The van der Waals surface area contributed by atoms with Crippen LogP contribution in [0.25, 0.3) is 0 Å². The van der Waals surface area contributed by atoms with Crippen LogP contribution in [0.5, 0.6) is 0 Å². The minimum absolute atomic E-state index is 0.0978. The van der Waals surface area contributed by atoms with E-state index in [1.165, 1.54) is 38.5 Å². The molecule has 0 spiro atoms. The van der Waals surface area contributed by atoms with Gasteiger partial charge < -0.3 is 11.1 Å². The van der Waals surface area contributed by atoms with Crippen LogP contribution in [0.4, 0.5) is 0 Å². The van der Waals surface area contributed by atoms with Crippen LogP contribution in [0, 0.1) is 0 Å². The maximum atomic E-state index is 11.3. The summed E-state index contributed by atoms with van der Waals surface area (Å²) in [5.41, 5.74) is 5.41. The SMILES string of the molecule is CCCCCCCCN1CCNCC1C(N)=O. The summed E-state index contributed by atoms with van der Waals surface area (Å²) in [6, 6.07) is -0.0978. The summed E-state index contributed by atoms with van der Waals surface area (Å²) in [5.74, 6) is -0.191. The summed E-state index contributed by atoms with van der Waals surface area (Å²) in [7, 11) is 0. The van der Waals surface area contributed by atoms with Gasteiger partial charge in [-0.25, -0.2) is 0 Å². The molecule has 1 rings (SSSR count). The zero-order valence-corrected chi connectivity index (χ0v) is 11.1. The Labute approximate surface area is 105 Å². The van der Waals surface area contributed by atoms with Gasteiger partial charge >= 0.3 is 0 Å². The molecule has 0 aromatic heterocycles. The van der Waals surface area contributed by atoms with Gasteiger partial charge in [-0.3, -0.25) is 9.69 Å². The lowest BCUT2D eigenvalue weighted by Gasteiger charge is -2.34. The van der Waals surface area contributed by atoms with Crippen molar-refractivity contribution >= 4 is 5.91 Å². The van der Waals surface area contributed by atoms with E-state index in [1.54, 1.807) is 0 Å². The molecule has 1 saturated heterocycles. The van der Waals surface area contributed by atoms with Gasteiger partial charge in [0.2, 0.25) is 5.91 Å². The first-order valence-electron chi connectivity index (χ1n) is 6.99. The van der Waals surface area contributed by atoms with Gasteiger partial charge in [0.05, 0.1) is 0 Å². The average molecular weight is 241 g/mol. The standard InChI is InChI=1S/C13H27N3O/c1-2-3-4-5-6-7-9-16-10-8-15-11-12(16)13(14)17/h12,15H,2-11H2,1H3,(H2,14,17). The number of rotatable bonds is 8. The highest BCUT2D eigenvalue weighted by atomic mass is 16.1. The molecule has 0 saturated carbocycles. The van der Waals surface area contributed by atoms with Crippen molar-refractivity contribution in [2.45, 2.75) is 51.5 Å². The summed E-state index contributed by atoms with van der Waals surface area (Å²) >= 11 is 0. The highest BCUT2D eigenvalue weighted by molar-refractivity contribution is 5.80. The smallest absolute Gasteiger partial charge is 0.236 e. The second kappa shape index (κ2) is 8.48. The Balaban J connectivity index is 2.13. The molecule has 1 aliphatic heterocycles. The number of amides is 1. The second-order valence-electron chi connectivity index (χ2n) is 4.93. The van der Waals surface area contributed by atoms with Crippen LogP contribution in [0.3, 0.4) is 0 Å². The lowest BCUT2D eigenvalue weighted by atomic mass is 10.1. The van der Waals surface area contributed by atoms with E-state index in [2.05, 4.69) is 17.1 Å². The fourth-order valence-electron chi connectivity index (χ4n) is 2.39. The van der Waals surface area contributed by atoms with E-state index in [0.717, 1.165) is 19.6 Å². The molecule has 1 amide bonds. The Bertz CT molecular complexity index is 221. The number of carbonyl (C=O) groups is 1. The predicted molar refractivity (Wildman–Crippen MR) is 70.8 cm³/mol. The number of hydrogen-bond donors (Lipinski definition) is 2. The molecule has 1 heterocycles. The average Bonchev–Trinajstić information content (AvgIpc) is 2.34. The Morgan fingerprint density at radius 1 is 1.29 bits per heavy atom. The van der Waals surface area contributed by atoms with Crippen molar-refractivity contribution in [3.8, 4) is 0 Å². The Hall–Kier alpha value is -0.610. The number of piperazine rings is 1. The number of primary amides is 1. The van der Waals surface area contributed by atoms with E-state index in [4.69, 9.17) is 5.73 Å². The molecule has 0 aromatic carbocycles. The van der Waals surface area contributed by atoms with Crippen LogP contribution in [-0.4, -0.2) is 43.0 Å². The van der Waals surface area contributed by atoms with Crippen LogP contribution < -0.4 is 11.1 Å². The number of nitrogens with one attached hydrogen (secondary N) is 1. The normalized spacial score (nSPS) is 21.6. The van der Waals surface area contributed by atoms with Gasteiger partial charge in [0, 0.05) is 19.6 Å². The lowest BCUT2D eigenvalue weighted by molar-refractivity contribution is -0.123. The van der Waals surface area contributed by atoms with Crippen molar-refractivity contribution in [3.05, 3.63) is 0 Å². The van der Waals surface area contributed by atoms with E-state index in [9.17, 15) is 4.79 Å². The van der Waals surface area contributed by atoms with Crippen LogP contribution >= 0.6 is 0 Å². The molecule has 4 nitrogen and oxygen atoms in total. The number of nitrogens with two attached hydrogens (primary N) is 1. The summed E-state index contributed by atoms with van der Waals surface area (Å²) < 4.78 is 0. The van der Waals surface area contributed by atoms with Crippen LogP contribution in [-0.2, 0) is 4.79 Å². The van der Waals surface area contributed by atoms with Crippen molar-refractivity contribution in [3.63, 3.8) is 0 Å². The predicted octanol–water partition coefficient (Wildman–Crippen LogP) is 1.11. The summed E-state index contributed by atoms with van der Waals surface area (Å²) in [5, 5.41) is 3.22. The quantitative estimate of drug-likeness (QED) is 0.626. The molecular weight excluding hydrogens is 214 g/mol. The van der Waals surface area contributed by atoms with Crippen molar-refractivity contribution in [2.24, 2.45) is 5.73 Å². The number of carbonyl (C=O) groups excluding carboxylic acids is 1. The maximum Gasteiger partial charge on any atom is 0.236 e. The summed E-state index contributed by atoms with van der Waals surface area (Å²) in [6.45, 7) is 5.88. The molecule has 17 heavy (non-hydrogen) atoms. The molecule has 1 unspecified atom stereocenters. The minimum atomic E-state index is -0.191. The zero-order valence-electron chi connectivity index (χ0n) is 11.1. The second-order valence-corrected chi connectivity index (χ2v) is 4.93. The first-order valence-corrected chi connectivity index (χ1v) is 6.99. The Morgan fingerprint density at radius 3 is 2.71 bits per heavy atom. The molecule has 1 aliphatic rings. The minimum Gasteiger partial charge on any atom is -0.368 e. The van der Waals surface area contributed by atoms with Crippen molar-refractivity contribution < 1.29 is 4.79 Å². The van der Waals surface area contributed by atoms with E-state index < -0.39 is 0 Å². The topological polar surface area (TPSA) is 58.4 Å². The van der Waals surface area contributed by atoms with Gasteiger partial charge in [-0.15, -0.1) is 0 Å². The van der Waals surface area contributed by atoms with Gasteiger partial charge in [0.25, 0.3) is 0 Å². The fraction of sp³-hybridized carbons (Fsp3) is 0.923. The number of unbranched alkanes of at least 4 members (excludes halogenated alkanes) is 5. The molecule has 1 atom stereocenters. The Morgan fingerprint density at radius 2 is 2.00 bits per heavy atom. The van der Waals surface area contributed by atoms with E-state index in [0.29, 0.717) is 6.54 Å². The van der Waals surface area contributed by atoms with Gasteiger partial charge in [0.1, 0.15) is 6.04 Å². The highest BCUT2D eigenvalue weighted by Crippen LogP contribution is 2.09. The molecule has 4 heteroatoms. The zero-order chi connectivity index (χ0) is 12.5. The fourth-order valence-corrected chi connectivity index (χ4v) is 2.39. The van der Waals surface area contributed by atoms with E-state index in [1.807, 2.05) is 0 Å². The first-order chi connectivity index (χ1) is 8.25. The van der Waals surface area contributed by atoms with Crippen LogP contribution in [0.2, 0.25) is 0 Å². The van der Waals surface area contributed by atoms with Gasteiger partial charge in [-0.1, -0.05) is 39.0 Å². The third-order valence-electron chi connectivity index (χ3n) is 3.48. The lowest BCUT2D eigenvalue weighted by Crippen LogP contribution is -2.56. The maximum absolute atomic E-state index is 11.3. The molecule has 0 bridgehead atoms. The van der Waals surface area contributed by atoms with Crippen LogP contribution in [0.15, 0.2) is 0 Å². The molecule has 3 N–H and O–H groups in total. The van der Waals surface area contributed by atoms with Gasteiger partial charge in [-0.2, -0.15) is 0 Å². The summed E-state index contributed by atoms with van der Waals surface area (Å²) in [6.07, 6.45) is 7.76. The van der Waals surface area contributed by atoms with E-state index >= 15 is 0 Å². The van der Waals surface area contributed by atoms with Crippen molar-refractivity contribution in [1.82, 2.24) is 10.2 Å². The monoisotopic (exact) mass is 241 g/mol. The third-order valence-corrected chi connectivity index (χ3v) is 3.48. The summed E-state index contributed by atoms with van der Waals surface area (Å²) in [4.78, 5) is 13.5. The van der Waals surface area contributed by atoms with Crippen molar-refractivity contribution in [1.29, 1.82) is 0 Å². The first kappa shape index (κ1) is 14.5.